The smallest absolute Gasteiger partial charge is 0.240 e. The minimum absolute atomic E-state index is 0.0262. The first-order valence-corrected chi connectivity index (χ1v) is 10.0. The number of methoxy groups -OCH3 is 2. The van der Waals surface area contributed by atoms with Crippen LogP contribution in [0.15, 0.2) is 47.4 Å². The summed E-state index contributed by atoms with van der Waals surface area (Å²) in [4.78, 5) is 12.5. The van der Waals surface area contributed by atoms with Crippen molar-refractivity contribution in [2.75, 3.05) is 19.5 Å². The molecule has 8 heteroatoms. The van der Waals surface area contributed by atoms with E-state index in [0.717, 1.165) is 18.4 Å². The second-order valence-electron chi connectivity index (χ2n) is 6.34. The summed E-state index contributed by atoms with van der Waals surface area (Å²) in [5, 5.41) is 2.73. The molecule has 0 atom stereocenters. The minimum atomic E-state index is -3.56. The number of benzene rings is 2. The second-order valence-corrected chi connectivity index (χ2v) is 8.05. The van der Waals surface area contributed by atoms with Gasteiger partial charge in [-0.3, -0.25) is 4.79 Å². The largest absolute Gasteiger partial charge is 0.493 e. The molecule has 0 spiro atoms. The number of carbonyl (C=O) groups is 1. The lowest BCUT2D eigenvalue weighted by Gasteiger charge is -2.11. The molecule has 1 saturated carbocycles. The average molecular weight is 390 g/mol. The minimum Gasteiger partial charge on any atom is -0.493 e. The molecule has 0 heterocycles. The van der Waals surface area contributed by atoms with Crippen molar-refractivity contribution in [2.45, 2.75) is 30.2 Å². The van der Waals surface area contributed by atoms with Crippen molar-refractivity contribution < 1.29 is 22.7 Å². The zero-order chi connectivity index (χ0) is 19.4. The third-order valence-corrected chi connectivity index (χ3v) is 5.66. The summed E-state index contributed by atoms with van der Waals surface area (Å²) in [6.45, 7) is 0. The summed E-state index contributed by atoms with van der Waals surface area (Å²) in [5.74, 6) is 0.872. The molecular weight excluding hydrogens is 368 g/mol. The summed E-state index contributed by atoms with van der Waals surface area (Å²) < 4.78 is 37.6. The Balaban J connectivity index is 1.68. The van der Waals surface area contributed by atoms with Crippen LogP contribution in [-0.4, -0.2) is 34.6 Å². The van der Waals surface area contributed by atoms with E-state index >= 15 is 0 Å². The van der Waals surface area contributed by atoms with Gasteiger partial charge in [0.2, 0.25) is 15.9 Å². The molecule has 1 aliphatic rings. The zero-order valence-electron chi connectivity index (χ0n) is 15.2. The van der Waals surface area contributed by atoms with E-state index < -0.39 is 10.0 Å². The highest BCUT2D eigenvalue weighted by Crippen LogP contribution is 2.28. The van der Waals surface area contributed by atoms with E-state index in [1.165, 1.54) is 19.2 Å². The van der Waals surface area contributed by atoms with E-state index in [9.17, 15) is 13.2 Å². The van der Waals surface area contributed by atoms with Gasteiger partial charge in [0.15, 0.2) is 11.5 Å². The summed E-state index contributed by atoms with van der Waals surface area (Å²) in [5.41, 5.74) is 1.18. The van der Waals surface area contributed by atoms with Crippen LogP contribution in [0.3, 0.4) is 0 Å². The molecule has 144 valence electrons. The number of nitrogens with one attached hydrogen (secondary N) is 2. The lowest BCUT2D eigenvalue weighted by molar-refractivity contribution is -0.115. The van der Waals surface area contributed by atoms with Crippen molar-refractivity contribution >= 4 is 21.6 Å². The van der Waals surface area contributed by atoms with Crippen LogP contribution in [0.25, 0.3) is 0 Å². The van der Waals surface area contributed by atoms with Gasteiger partial charge in [0.1, 0.15) is 0 Å². The van der Waals surface area contributed by atoms with Crippen molar-refractivity contribution in [3.05, 3.63) is 48.0 Å². The number of carbonyl (C=O) groups excluding carboxylic acids is 1. The van der Waals surface area contributed by atoms with Crippen LogP contribution in [0.2, 0.25) is 0 Å². The summed E-state index contributed by atoms with van der Waals surface area (Å²) in [6, 6.07) is 11.5. The first-order valence-electron chi connectivity index (χ1n) is 8.54. The predicted octanol–water partition coefficient (Wildman–Crippen LogP) is 2.33. The lowest BCUT2D eigenvalue weighted by atomic mass is 10.1. The van der Waals surface area contributed by atoms with E-state index in [2.05, 4.69) is 10.0 Å². The Hall–Kier alpha value is -2.58. The summed E-state index contributed by atoms with van der Waals surface area (Å²) >= 11 is 0. The highest BCUT2D eigenvalue weighted by Gasteiger charge is 2.28. The van der Waals surface area contributed by atoms with Crippen LogP contribution in [0.4, 0.5) is 5.69 Å². The number of rotatable bonds is 8. The first kappa shape index (κ1) is 19.2. The van der Waals surface area contributed by atoms with Gasteiger partial charge in [-0.15, -0.1) is 0 Å². The Morgan fingerprint density at radius 3 is 2.48 bits per heavy atom. The van der Waals surface area contributed by atoms with E-state index in [0.29, 0.717) is 17.2 Å². The molecule has 2 N–H and O–H groups in total. The molecule has 0 aromatic heterocycles. The average Bonchev–Trinajstić information content (AvgIpc) is 3.45. The fourth-order valence-electron chi connectivity index (χ4n) is 2.61. The number of amides is 1. The third-order valence-electron chi connectivity index (χ3n) is 4.14. The highest BCUT2D eigenvalue weighted by molar-refractivity contribution is 7.89. The van der Waals surface area contributed by atoms with Crippen molar-refractivity contribution in [1.29, 1.82) is 0 Å². The van der Waals surface area contributed by atoms with Gasteiger partial charge in [-0.05, 0) is 48.7 Å². The van der Waals surface area contributed by atoms with Gasteiger partial charge in [-0.25, -0.2) is 13.1 Å². The molecule has 0 unspecified atom stereocenters. The van der Waals surface area contributed by atoms with Gasteiger partial charge >= 0.3 is 0 Å². The molecule has 3 rings (SSSR count). The van der Waals surface area contributed by atoms with E-state index in [1.807, 2.05) is 0 Å². The fourth-order valence-corrected chi connectivity index (χ4v) is 3.96. The van der Waals surface area contributed by atoms with Gasteiger partial charge in [0.25, 0.3) is 0 Å². The monoisotopic (exact) mass is 390 g/mol. The van der Waals surface area contributed by atoms with Gasteiger partial charge in [0, 0.05) is 11.7 Å². The Morgan fingerprint density at radius 2 is 1.81 bits per heavy atom. The van der Waals surface area contributed by atoms with E-state index in [1.54, 1.807) is 37.4 Å². The van der Waals surface area contributed by atoms with Crippen molar-refractivity contribution in [2.24, 2.45) is 0 Å². The van der Waals surface area contributed by atoms with Gasteiger partial charge in [-0.2, -0.15) is 0 Å². The molecular formula is C19H22N2O5S. The number of hydrogen-bond donors (Lipinski definition) is 2. The predicted molar refractivity (Wildman–Crippen MR) is 102 cm³/mol. The maximum Gasteiger partial charge on any atom is 0.240 e. The van der Waals surface area contributed by atoms with E-state index in [-0.39, 0.29) is 23.3 Å². The van der Waals surface area contributed by atoms with Crippen LogP contribution in [0.1, 0.15) is 18.4 Å². The maximum absolute atomic E-state index is 12.3. The Labute approximate surface area is 158 Å². The van der Waals surface area contributed by atoms with Gasteiger partial charge in [-0.1, -0.05) is 12.1 Å². The number of ether oxygens (including phenoxy) is 2. The fraction of sp³-hybridized carbons (Fsp3) is 0.316. The molecule has 1 fully saturated rings. The van der Waals surface area contributed by atoms with Crippen LogP contribution in [0.5, 0.6) is 11.5 Å². The SMILES string of the molecule is COc1ccc(CC(=O)Nc2cccc(S(=O)(=O)NC3CC3)c2)cc1OC. The molecule has 2 aromatic carbocycles. The molecule has 0 bridgehead atoms. The van der Waals surface area contributed by atoms with Crippen LogP contribution >= 0.6 is 0 Å². The van der Waals surface area contributed by atoms with Gasteiger partial charge < -0.3 is 14.8 Å². The van der Waals surface area contributed by atoms with Crippen LogP contribution in [0, 0.1) is 0 Å². The number of hydrogen-bond acceptors (Lipinski definition) is 5. The van der Waals surface area contributed by atoms with E-state index in [4.69, 9.17) is 9.47 Å². The molecule has 1 aliphatic carbocycles. The topological polar surface area (TPSA) is 93.7 Å². The molecule has 2 aromatic rings. The maximum atomic E-state index is 12.3. The summed E-state index contributed by atoms with van der Waals surface area (Å²) in [7, 11) is -0.487. The lowest BCUT2D eigenvalue weighted by Crippen LogP contribution is -2.25. The Kier molecular flexibility index (Phi) is 5.67. The first-order chi connectivity index (χ1) is 12.9. The Morgan fingerprint density at radius 1 is 1.07 bits per heavy atom. The molecule has 27 heavy (non-hydrogen) atoms. The molecule has 7 nitrogen and oxygen atoms in total. The molecule has 0 aliphatic heterocycles. The normalized spacial score (nSPS) is 13.9. The molecule has 0 radical (unpaired) electrons. The molecule has 1 amide bonds. The Bertz CT molecular complexity index is 939. The van der Waals surface area contributed by atoms with Gasteiger partial charge in [0.05, 0.1) is 25.5 Å². The quantitative estimate of drug-likeness (QED) is 0.722. The summed E-state index contributed by atoms with van der Waals surface area (Å²) in [6.07, 6.45) is 1.85. The van der Waals surface area contributed by atoms with Crippen LogP contribution in [-0.2, 0) is 21.2 Å². The number of sulfonamides is 1. The van der Waals surface area contributed by atoms with Crippen LogP contribution < -0.4 is 19.5 Å². The molecule has 0 saturated heterocycles. The van der Waals surface area contributed by atoms with Crippen molar-refractivity contribution in [3.63, 3.8) is 0 Å². The third kappa shape index (κ3) is 4.99. The number of anilines is 1. The standard InChI is InChI=1S/C19H22N2O5S/c1-25-17-9-6-13(10-18(17)26-2)11-19(22)20-15-4-3-5-16(12-15)27(23,24)21-14-7-8-14/h3-6,9-10,12,14,21H,7-8,11H2,1-2H3,(H,20,22). The van der Waals surface area contributed by atoms with Crippen molar-refractivity contribution in [3.8, 4) is 11.5 Å². The second kappa shape index (κ2) is 7.98. The highest BCUT2D eigenvalue weighted by atomic mass is 32.2. The zero-order valence-corrected chi connectivity index (χ0v) is 16.0. The van der Waals surface area contributed by atoms with Crippen molar-refractivity contribution in [1.82, 2.24) is 4.72 Å².